The van der Waals surface area contributed by atoms with Gasteiger partial charge in [0.1, 0.15) is 23.3 Å². The van der Waals surface area contributed by atoms with E-state index < -0.39 is 0 Å². The molecule has 0 saturated carbocycles. The predicted octanol–water partition coefficient (Wildman–Crippen LogP) is 4.94. The molecule has 0 unspecified atom stereocenters. The van der Waals surface area contributed by atoms with Gasteiger partial charge in [-0.15, -0.1) is 0 Å². The van der Waals surface area contributed by atoms with E-state index in [0.717, 1.165) is 10.9 Å². The first-order chi connectivity index (χ1) is 14.7. The maximum atomic E-state index is 11.7. The van der Waals surface area contributed by atoms with E-state index in [1.54, 1.807) is 36.5 Å². The molecule has 146 valence electrons. The Labute approximate surface area is 177 Å². The Kier molecular flexibility index (Phi) is 5.42. The lowest BCUT2D eigenvalue weighted by molar-refractivity contribution is -0.107. The average molecular weight is 416 g/mol. The summed E-state index contributed by atoms with van der Waals surface area (Å²) < 4.78 is 5.73. The summed E-state index contributed by atoms with van der Waals surface area (Å²) in [6, 6.07) is 19.4. The van der Waals surface area contributed by atoms with Gasteiger partial charge in [0.25, 0.3) is 0 Å². The number of hydrazine groups is 1. The summed E-state index contributed by atoms with van der Waals surface area (Å²) in [4.78, 5) is 19.8. The summed E-state index contributed by atoms with van der Waals surface area (Å²) in [5.41, 5.74) is 5.35. The summed E-state index contributed by atoms with van der Waals surface area (Å²) in [5, 5.41) is 11.5. The van der Waals surface area contributed by atoms with Crippen molar-refractivity contribution in [3.63, 3.8) is 0 Å². The first-order valence-electron chi connectivity index (χ1n) is 8.86. The average Bonchev–Trinajstić information content (AvgIpc) is 2.79. The van der Waals surface area contributed by atoms with E-state index in [4.69, 9.17) is 21.6 Å². The van der Waals surface area contributed by atoms with Crippen LogP contribution in [0.3, 0.4) is 0 Å². The molecule has 8 heteroatoms. The number of amides is 1. The van der Waals surface area contributed by atoms with Crippen molar-refractivity contribution in [2.75, 3.05) is 10.4 Å². The van der Waals surface area contributed by atoms with Gasteiger partial charge < -0.3 is 4.74 Å². The fourth-order valence-corrected chi connectivity index (χ4v) is 3.04. The van der Waals surface area contributed by atoms with E-state index >= 15 is 0 Å². The van der Waals surface area contributed by atoms with Crippen molar-refractivity contribution < 1.29 is 9.53 Å². The number of hydrogen-bond acceptors (Lipinski definition) is 6. The maximum Gasteiger partial charge on any atom is 0.232 e. The van der Waals surface area contributed by atoms with Gasteiger partial charge in [0, 0.05) is 23.8 Å². The smallest absolute Gasteiger partial charge is 0.232 e. The zero-order chi connectivity index (χ0) is 20.9. The highest BCUT2D eigenvalue weighted by Crippen LogP contribution is 2.32. The van der Waals surface area contributed by atoms with E-state index in [9.17, 15) is 4.79 Å². The Balaban J connectivity index is 1.54. The van der Waals surface area contributed by atoms with Crippen molar-refractivity contribution in [1.29, 1.82) is 5.26 Å². The number of fused-ring (bicyclic) bond motifs is 1. The van der Waals surface area contributed by atoms with E-state index in [1.807, 2.05) is 30.3 Å². The first-order valence-corrected chi connectivity index (χ1v) is 9.23. The summed E-state index contributed by atoms with van der Waals surface area (Å²) in [6.07, 6.45) is 3.88. The molecule has 2 heterocycles. The van der Waals surface area contributed by atoms with E-state index in [0.29, 0.717) is 34.3 Å². The molecule has 1 N–H and O–H groups in total. The number of nitrogens with zero attached hydrogens (tertiary/aromatic N) is 4. The Morgan fingerprint density at radius 2 is 1.97 bits per heavy atom. The number of benzene rings is 2. The number of carbonyl (C=O) groups excluding carboxylic acids is 1. The number of carbonyl (C=O) groups is 1. The third-order valence-electron chi connectivity index (χ3n) is 4.23. The molecule has 0 atom stereocenters. The molecule has 0 aliphatic rings. The van der Waals surface area contributed by atoms with Crippen LogP contribution in [0.25, 0.3) is 10.9 Å². The molecular weight excluding hydrogens is 402 g/mol. The highest BCUT2D eigenvalue weighted by molar-refractivity contribution is 6.32. The summed E-state index contributed by atoms with van der Waals surface area (Å²) in [5.74, 6) is 0.857. The fraction of sp³-hybridized carbons (Fsp3) is 0. The van der Waals surface area contributed by atoms with Crippen LogP contribution in [0, 0.1) is 11.3 Å². The van der Waals surface area contributed by atoms with Crippen LogP contribution in [-0.2, 0) is 4.79 Å². The lowest BCUT2D eigenvalue weighted by Gasteiger charge is -2.20. The Morgan fingerprint density at radius 3 is 2.77 bits per heavy atom. The first kappa shape index (κ1) is 19.2. The van der Waals surface area contributed by atoms with Gasteiger partial charge in [0.15, 0.2) is 0 Å². The van der Waals surface area contributed by atoms with Gasteiger partial charge in [-0.2, -0.15) is 5.26 Å². The van der Waals surface area contributed by atoms with Gasteiger partial charge in [0.2, 0.25) is 6.41 Å². The summed E-state index contributed by atoms with van der Waals surface area (Å²) in [7, 11) is 0. The van der Waals surface area contributed by atoms with Crippen molar-refractivity contribution >= 4 is 40.3 Å². The van der Waals surface area contributed by atoms with Gasteiger partial charge in [-0.1, -0.05) is 17.7 Å². The molecule has 2 aromatic carbocycles. The number of anilines is 2. The van der Waals surface area contributed by atoms with E-state index in [-0.39, 0.29) is 5.69 Å². The second kappa shape index (κ2) is 8.47. The zero-order valence-corrected chi connectivity index (χ0v) is 16.2. The molecule has 0 bridgehead atoms. The monoisotopic (exact) mass is 415 g/mol. The molecule has 4 rings (SSSR count). The molecule has 7 nitrogen and oxygen atoms in total. The van der Waals surface area contributed by atoms with Gasteiger partial charge in [-0.3, -0.25) is 15.2 Å². The highest BCUT2D eigenvalue weighted by Gasteiger charge is 2.10. The van der Waals surface area contributed by atoms with Gasteiger partial charge in [-0.25, -0.2) is 9.99 Å². The zero-order valence-electron chi connectivity index (χ0n) is 15.5. The maximum absolute atomic E-state index is 11.7. The van der Waals surface area contributed by atoms with Crippen LogP contribution in [0.2, 0.25) is 5.02 Å². The third-order valence-corrected chi connectivity index (χ3v) is 4.52. The van der Waals surface area contributed by atoms with E-state index in [2.05, 4.69) is 15.4 Å². The second-order valence-electron chi connectivity index (χ2n) is 6.20. The fourth-order valence-electron chi connectivity index (χ4n) is 2.82. The van der Waals surface area contributed by atoms with Crippen molar-refractivity contribution in [3.8, 4) is 17.6 Å². The number of nitriles is 1. The molecular formula is C22H14ClN5O2. The quantitative estimate of drug-likeness (QED) is 0.354. The van der Waals surface area contributed by atoms with Crippen LogP contribution in [0.1, 0.15) is 5.69 Å². The van der Waals surface area contributed by atoms with E-state index in [1.165, 1.54) is 17.3 Å². The minimum atomic E-state index is 0.245. The molecule has 1 amide bonds. The van der Waals surface area contributed by atoms with Crippen LogP contribution in [0.5, 0.6) is 11.5 Å². The molecule has 0 saturated heterocycles. The molecule has 4 aromatic rings. The number of aromatic nitrogens is 2. The number of ether oxygens (including phenoxy) is 1. The standard InChI is InChI=1S/C22H14ClN5O2/c23-20-12-16(3-6-22(20)30-19-7-9-25-17(11-19)13-24)27-28(14-29)18-4-5-21-15(10-18)2-1-8-26-21/h1-12,14,27H. The largest absolute Gasteiger partial charge is 0.456 e. The summed E-state index contributed by atoms with van der Waals surface area (Å²) >= 11 is 6.34. The lowest BCUT2D eigenvalue weighted by atomic mass is 10.2. The number of hydrogen-bond donors (Lipinski definition) is 1. The normalized spacial score (nSPS) is 10.3. The molecule has 0 aliphatic heterocycles. The van der Waals surface area contributed by atoms with Crippen molar-refractivity contribution in [2.45, 2.75) is 0 Å². The Hall–Kier alpha value is -4.15. The number of halogens is 1. The highest BCUT2D eigenvalue weighted by atomic mass is 35.5. The van der Waals surface area contributed by atoms with Gasteiger partial charge in [0.05, 0.1) is 21.9 Å². The Bertz CT molecular complexity index is 1270. The Morgan fingerprint density at radius 1 is 1.07 bits per heavy atom. The van der Waals surface area contributed by atoms with Crippen LogP contribution in [0.15, 0.2) is 73.1 Å². The molecule has 2 aromatic heterocycles. The van der Waals surface area contributed by atoms with Crippen LogP contribution in [-0.4, -0.2) is 16.4 Å². The predicted molar refractivity (Wildman–Crippen MR) is 114 cm³/mol. The van der Waals surface area contributed by atoms with Crippen molar-refractivity contribution in [3.05, 3.63) is 83.8 Å². The van der Waals surface area contributed by atoms with Gasteiger partial charge in [-0.05, 0) is 48.5 Å². The molecule has 0 radical (unpaired) electrons. The van der Waals surface area contributed by atoms with Crippen LogP contribution in [0.4, 0.5) is 11.4 Å². The second-order valence-corrected chi connectivity index (χ2v) is 6.61. The topological polar surface area (TPSA) is 91.1 Å². The van der Waals surface area contributed by atoms with Crippen LogP contribution < -0.4 is 15.2 Å². The molecule has 0 aliphatic carbocycles. The minimum Gasteiger partial charge on any atom is -0.456 e. The SMILES string of the molecule is N#Cc1cc(Oc2ccc(NN(C=O)c3ccc4ncccc4c3)cc2Cl)ccn1. The summed E-state index contributed by atoms with van der Waals surface area (Å²) in [6.45, 7) is 0. The van der Waals surface area contributed by atoms with Gasteiger partial charge >= 0.3 is 0 Å². The third kappa shape index (κ3) is 4.14. The van der Waals surface area contributed by atoms with Crippen molar-refractivity contribution in [1.82, 2.24) is 9.97 Å². The molecule has 30 heavy (non-hydrogen) atoms. The van der Waals surface area contributed by atoms with Crippen LogP contribution >= 0.6 is 11.6 Å². The minimum absolute atomic E-state index is 0.245. The number of nitrogens with one attached hydrogen (secondary N) is 1. The van der Waals surface area contributed by atoms with Crippen molar-refractivity contribution in [2.24, 2.45) is 0 Å². The number of pyridine rings is 2. The number of rotatable bonds is 6. The lowest BCUT2D eigenvalue weighted by Crippen LogP contribution is -2.27. The molecule has 0 fully saturated rings. The molecule has 0 spiro atoms.